The highest BCUT2D eigenvalue weighted by atomic mass is 16.2. The topological polar surface area (TPSA) is 32.3 Å². The van der Waals surface area contributed by atoms with Crippen LogP contribution in [-0.2, 0) is 4.79 Å². The summed E-state index contributed by atoms with van der Waals surface area (Å²) in [4.78, 5) is 14.6. The zero-order valence-electron chi connectivity index (χ0n) is 10.1. The van der Waals surface area contributed by atoms with Crippen LogP contribution in [0.5, 0.6) is 0 Å². The van der Waals surface area contributed by atoms with Crippen LogP contribution in [-0.4, -0.2) is 36.5 Å². The predicted molar refractivity (Wildman–Crippen MR) is 63.0 cm³/mol. The molecule has 2 unspecified atom stereocenters. The van der Waals surface area contributed by atoms with Crippen molar-refractivity contribution in [1.82, 2.24) is 10.2 Å². The first-order valence-corrected chi connectivity index (χ1v) is 6.80. The molecule has 1 amide bonds. The number of carbonyl (C=O) groups excluding carboxylic acids is 1. The zero-order chi connectivity index (χ0) is 11.1. The first kappa shape index (κ1) is 10.6. The molecule has 1 N–H and O–H groups in total. The van der Waals surface area contributed by atoms with Gasteiger partial charge < -0.3 is 10.2 Å². The van der Waals surface area contributed by atoms with Crippen molar-refractivity contribution in [3.8, 4) is 0 Å². The number of hydrogen-bond donors (Lipinski definition) is 1. The van der Waals surface area contributed by atoms with E-state index in [9.17, 15) is 4.79 Å². The first-order chi connectivity index (χ1) is 7.79. The molecule has 1 aliphatic heterocycles. The molecule has 0 aromatic heterocycles. The highest BCUT2D eigenvalue weighted by Crippen LogP contribution is 2.56. The number of nitrogens with one attached hydrogen (secondary N) is 1. The summed E-state index contributed by atoms with van der Waals surface area (Å²) < 4.78 is 0. The van der Waals surface area contributed by atoms with Crippen LogP contribution in [0.4, 0.5) is 0 Å². The summed E-state index contributed by atoms with van der Waals surface area (Å²) in [5.41, 5.74) is 0. The maximum Gasteiger partial charge on any atom is 0.226 e. The summed E-state index contributed by atoms with van der Waals surface area (Å²) in [5, 5.41) is 3.35. The molecule has 3 fully saturated rings. The fourth-order valence-corrected chi connectivity index (χ4v) is 3.72. The molecule has 16 heavy (non-hydrogen) atoms. The summed E-state index contributed by atoms with van der Waals surface area (Å²) in [5.74, 6) is 2.38. The van der Waals surface area contributed by atoms with E-state index in [1.54, 1.807) is 0 Å². The molecule has 3 aliphatic rings. The van der Waals surface area contributed by atoms with E-state index < -0.39 is 0 Å². The minimum absolute atomic E-state index is 0.393. The molecule has 3 heteroatoms. The third kappa shape index (κ3) is 1.65. The molecule has 1 heterocycles. The lowest BCUT2D eigenvalue weighted by Crippen LogP contribution is -2.53. The van der Waals surface area contributed by atoms with Gasteiger partial charge in [0, 0.05) is 31.6 Å². The van der Waals surface area contributed by atoms with Crippen LogP contribution in [0.15, 0.2) is 0 Å². The molecule has 90 valence electrons. The third-order valence-corrected chi connectivity index (χ3v) is 4.73. The Bertz CT molecular complexity index is 280. The van der Waals surface area contributed by atoms with Gasteiger partial charge in [-0.05, 0) is 31.6 Å². The lowest BCUT2D eigenvalue weighted by atomic mass is 10.0. The average molecular weight is 222 g/mol. The second-order valence-corrected chi connectivity index (χ2v) is 5.72. The van der Waals surface area contributed by atoms with Gasteiger partial charge in [-0.15, -0.1) is 0 Å². The van der Waals surface area contributed by atoms with Crippen LogP contribution >= 0.6 is 0 Å². The van der Waals surface area contributed by atoms with Crippen molar-refractivity contribution in [2.45, 2.75) is 38.6 Å². The van der Waals surface area contributed by atoms with Crippen molar-refractivity contribution in [2.75, 3.05) is 19.6 Å². The Hall–Kier alpha value is -0.570. The summed E-state index contributed by atoms with van der Waals surface area (Å²) in [7, 11) is 0. The standard InChI is InChI=1S/C13H22N2O/c1-9-8-14-6-7-15(9)13(16)12-10-4-2-3-5-11(10)12/h9-12,14H,2-8H2,1H3/t9-,10?,11?,12?/m1/s1. The van der Waals surface area contributed by atoms with E-state index in [-0.39, 0.29) is 0 Å². The van der Waals surface area contributed by atoms with Crippen LogP contribution < -0.4 is 5.32 Å². The summed E-state index contributed by atoms with van der Waals surface area (Å²) >= 11 is 0. The number of piperazine rings is 1. The highest BCUT2D eigenvalue weighted by Gasteiger charge is 2.56. The van der Waals surface area contributed by atoms with E-state index in [2.05, 4.69) is 17.1 Å². The van der Waals surface area contributed by atoms with Crippen molar-refractivity contribution < 1.29 is 4.79 Å². The number of rotatable bonds is 1. The molecule has 0 radical (unpaired) electrons. The number of fused-ring (bicyclic) bond motifs is 1. The molecule has 0 aromatic rings. The van der Waals surface area contributed by atoms with Gasteiger partial charge in [0.15, 0.2) is 0 Å². The first-order valence-electron chi connectivity index (χ1n) is 6.80. The van der Waals surface area contributed by atoms with Crippen LogP contribution in [0.2, 0.25) is 0 Å². The van der Waals surface area contributed by atoms with Gasteiger partial charge in [0.2, 0.25) is 5.91 Å². The maximum absolute atomic E-state index is 12.4. The number of carbonyl (C=O) groups is 1. The Balaban J connectivity index is 1.64. The fraction of sp³-hybridized carbons (Fsp3) is 0.923. The van der Waals surface area contributed by atoms with Gasteiger partial charge in [-0.25, -0.2) is 0 Å². The van der Waals surface area contributed by atoms with E-state index >= 15 is 0 Å². The Morgan fingerprint density at radius 1 is 1.25 bits per heavy atom. The van der Waals surface area contributed by atoms with E-state index in [0.29, 0.717) is 17.9 Å². The van der Waals surface area contributed by atoms with Gasteiger partial charge in [-0.3, -0.25) is 4.79 Å². The van der Waals surface area contributed by atoms with Crippen molar-refractivity contribution in [1.29, 1.82) is 0 Å². The average Bonchev–Trinajstić information content (AvgIpc) is 3.03. The Morgan fingerprint density at radius 3 is 2.56 bits per heavy atom. The maximum atomic E-state index is 12.4. The summed E-state index contributed by atoms with van der Waals surface area (Å²) in [6.07, 6.45) is 5.31. The van der Waals surface area contributed by atoms with Crippen LogP contribution in [0.25, 0.3) is 0 Å². The van der Waals surface area contributed by atoms with Gasteiger partial charge in [-0.2, -0.15) is 0 Å². The second kappa shape index (κ2) is 4.02. The van der Waals surface area contributed by atoms with Crippen molar-refractivity contribution in [3.63, 3.8) is 0 Å². The van der Waals surface area contributed by atoms with E-state index in [4.69, 9.17) is 0 Å². The van der Waals surface area contributed by atoms with E-state index in [0.717, 1.165) is 31.5 Å². The molecule has 3 nitrogen and oxygen atoms in total. The van der Waals surface area contributed by atoms with Gasteiger partial charge >= 0.3 is 0 Å². The smallest absolute Gasteiger partial charge is 0.226 e. The fourth-order valence-electron chi connectivity index (χ4n) is 3.72. The molecule has 3 atom stereocenters. The normalized spacial score (nSPS) is 42.7. The molecule has 0 aromatic carbocycles. The van der Waals surface area contributed by atoms with Crippen molar-refractivity contribution >= 4 is 5.91 Å². The predicted octanol–water partition coefficient (Wildman–Crippen LogP) is 1.24. The molecule has 3 rings (SSSR count). The zero-order valence-corrected chi connectivity index (χ0v) is 10.1. The van der Waals surface area contributed by atoms with Gasteiger partial charge in [0.05, 0.1) is 0 Å². The van der Waals surface area contributed by atoms with Gasteiger partial charge in [0.25, 0.3) is 0 Å². The Kier molecular flexibility index (Phi) is 2.66. The molecule has 2 aliphatic carbocycles. The molecule has 2 saturated carbocycles. The lowest BCUT2D eigenvalue weighted by Gasteiger charge is -2.34. The minimum atomic E-state index is 0.393. The van der Waals surface area contributed by atoms with Crippen LogP contribution in [0.1, 0.15) is 32.6 Å². The van der Waals surface area contributed by atoms with Gasteiger partial charge in [0.1, 0.15) is 0 Å². The molecule has 1 saturated heterocycles. The highest BCUT2D eigenvalue weighted by molar-refractivity contribution is 5.82. The largest absolute Gasteiger partial charge is 0.337 e. The van der Waals surface area contributed by atoms with Crippen molar-refractivity contribution in [2.24, 2.45) is 17.8 Å². The number of nitrogens with zero attached hydrogens (tertiary/aromatic N) is 1. The molecule has 0 bridgehead atoms. The molecular weight excluding hydrogens is 200 g/mol. The van der Waals surface area contributed by atoms with Crippen LogP contribution in [0, 0.1) is 17.8 Å². The Labute approximate surface area is 97.6 Å². The second-order valence-electron chi connectivity index (χ2n) is 5.72. The summed E-state index contributed by atoms with van der Waals surface area (Å²) in [6.45, 7) is 5.01. The third-order valence-electron chi connectivity index (χ3n) is 4.73. The lowest BCUT2D eigenvalue weighted by molar-refractivity contribution is -0.136. The monoisotopic (exact) mass is 222 g/mol. The van der Waals surface area contributed by atoms with E-state index in [1.165, 1.54) is 25.7 Å². The SMILES string of the molecule is C[C@@H]1CNCCN1C(=O)C1C2CCCCC21. The van der Waals surface area contributed by atoms with E-state index in [1.807, 2.05) is 0 Å². The number of amides is 1. The minimum Gasteiger partial charge on any atom is -0.337 e. The quantitative estimate of drug-likeness (QED) is 0.724. The Morgan fingerprint density at radius 2 is 1.94 bits per heavy atom. The van der Waals surface area contributed by atoms with Crippen molar-refractivity contribution in [3.05, 3.63) is 0 Å². The van der Waals surface area contributed by atoms with Gasteiger partial charge in [-0.1, -0.05) is 12.8 Å². The number of hydrogen-bond acceptors (Lipinski definition) is 2. The summed E-state index contributed by atoms with van der Waals surface area (Å²) in [6, 6.07) is 0.393. The molecule has 0 spiro atoms. The van der Waals surface area contributed by atoms with Crippen LogP contribution in [0.3, 0.4) is 0 Å². The molecular formula is C13H22N2O.